The van der Waals surface area contributed by atoms with Crippen LogP contribution in [0.3, 0.4) is 0 Å². The average molecular weight is 274 g/mol. The number of aryl methyl sites for hydroxylation is 1. The number of nitrogens with zero attached hydrogens (tertiary/aromatic N) is 1. The van der Waals surface area contributed by atoms with Crippen LogP contribution < -0.4 is 5.32 Å². The minimum Gasteiger partial charge on any atom is -0.345 e. The van der Waals surface area contributed by atoms with E-state index in [2.05, 4.69) is 0 Å². The minimum absolute atomic E-state index is 0.0324. The molecule has 0 bridgehead atoms. The number of carbonyl (C=O) groups excluding carboxylic acids is 2. The highest BCUT2D eigenvalue weighted by atomic mass is 19.4. The van der Waals surface area contributed by atoms with Crippen LogP contribution in [-0.2, 0) is 4.79 Å². The van der Waals surface area contributed by atoms with Crippen LogP contribution in [0, 0.1) is 6.92 Å². The molecule has 2 amide bonds. The maximum absolute atomic E-state index is 12.2. The minimum atomic E-state index is -4.96. The Morgan fingerprint density at radius 1 is 1.21 bits per heavy atom. The van der Waals surface area contributed by atoms with Gasteiger partial charge in [-0.15, -0.1) is 0 Å². The molecule has 0 spiro atoms. The second kappa shape index (κ2) is 5.29. The quantitative estimate of drug-likeness (QED) is 0.898. The summed E-state index contributed by atoms with van der Waals surface area (Å²) >= 11 is 0. The van der Waals surface area contributed by atoms with Gasteiger partial charge in [0.25, 0.3) is 5.91 Å². The summed E-state index contributed by atoms with van der Waals surface area (Å²) in [6.45, 7) is 1.54. The van der Waals surface area contributed by atoms with Gasteiger partial charge in [0.05, 0.1) is 0 Å². The van der Waals surface area contributed by atoms with Crippen molar-refractivity contribution in [3.63, 3.8) is 0 Å². The summed E-state index contributed by atoms with van der Waals surface area (Å²) in [6, 6.07) is 4.19. The van der Waals surface area contributed by atoms with Gasteiger partial charge in [-0.3, -0.25) is 9.59 Å². The van der Waals surface area contributed by atoms with Crippen LogP contribution in [-0.4, -0.2) is 37.0 Å². The SMILES string of the molecule is Cc1ccc(C(=O)N(C)C)cc1NC(=O)C(F)(F)F. The predicted octanol–water partition coefficient (Wildman–Crippen LogP) is 2.20. The molecule has 1 aromatic carbocycles. The molecule has 104 valence electrons. The summed E-state index contributed by atoms with van der Waals surface area (Å²) in [5.74, 6) is -2.42. The van der Waals surface area contributed by atoms with Crippen molar-refractivity contribution in [1.29, 1.82) is 0 Å². The van der Waals surface area contributed by atoms with Crippen LogP contribution in [0.1, 0.15) is 15.9 Å². The summed E-state index contributed by atoms with van der Waals surface area (Å²) in [5.41, 5.74) is 0.607. The van der Waals surface area contributed by atoms with Crippen LogP contribution >= 0.6 is 0 Å². The third-order valence-electron chi connectivity index (χ3n) is 2.40. The zero-order valence-electron chi connectivity index (χ0n) is 10.6. The number of amides is 2. The zero-order chi connectivity index (χ0) is 14.8. The number of halogens is 3. The molecule has 0 aromatic heterocycles. The van der Waals surface area contributed by atoms with Crippen molar-refractivity contribution in [2.75, 3.05) is 19.4 Å². The first-order chi connectivity index (χ1) is 8.62. The zero-order valence-corrected chi connectivity index (χ0v) is 10.6. The molecule has 0 radical (unpaired) electrons. The lowest BCUT2D eigenvalue weighted by molar-refractivity contribution is -0.167. The van der Waals surface area contributed by atoms with Gasteiger partial charge in [0.2, 0.25) is 0 Å². The first-order valence-corrected chi connectivity index (χ1v) is 5.33. The van der Waals surface area contributed by atoms with E-state index in [0.717, 1.165) is 0 Å². The molecule has 7 heteroatoms. The predicted molar refractivity (Wildman–Crippen MR) is 63.9 cm³/mol. The standard InChI is InChI=1S/C12H13F3N2O2/c1-7-4-5-8(10(18)17(2)3)6-9(7)16-11(19)12(13,14)15/h4-6H,1-3H3,(H,16,19). The van der Waals surface area contributed by atoms with Crippen LogP contribution in [0.25, 0.3) is 0 Å². The van der Waals surface area contributed by atoms with Crippen LogP contribution in [0.4, 0.5) is 18.9 Å². The Labute approximate surface area is 108 Å². The summed E-state index contributed by atoms with van der Waals surface area (Å²) in [7, 11) is 3.05. The third kappa shape index (κ3) is 3.70. The van der Waals surface area contributed by atoms with E-state index in [9.17, 15) is 22.8 Å². The largest absolute Gasteiger partial charge is 0.471 e. The number of nitrogens with one attached hydrogen (secondary N) is 1. The van der Waals surface area contributed by atoms with Crippen molar-refractivity contribution >= 4 is 17.5 Å². The first-order valence-electron chi connectivity index (χ1n) is 5.33. The van der Waals surface area contributed by atoms with E-state index in [4.69, 9.17) is 0 Å². The third-order valence-corrected chi connectivity index (χ3v) is 2.40. The molecule has 1 N–H and O–H groups in total. The lowest BCUT2D eigenvalue weighted by Gasteiger charge is -2.14. The molecule has 0 heterocycles. The van der Waals surface area contributed by atoms with Crippen LogP contribution in [0.5, 0.6) is 0 Å². The molecule has 0 saturated heterocycles. The number of carbonyl (C=O) groups is 2. The second-order valence-corrected chi connectivity index (χ2v) is 4.18. The van der Waals surface area contributed by atoms with Crippen molar-refractivity contribution in [1.82, 2.24) is 4.90 Å². The number of hydrogen-bond acceptors (Lipinski definition) is 2. The molecule has 0 aliphatic carbocycles. The van der Waals surface area contributed by atoms with Gasteiger partial charge in [0, 0.05) is 25.3 Å². The molecule has 0 saturated carbocycles. The smallest absolute Gasteiger partial charge is 0.345 e. The Hall–Kier alpha value is -2.05. The molecule has 1 aromatic rings. The van der Waals surface area contributed by atoms with Gasteiger partial charge in [-0.2, -0.15) is 13.2 Å². The molecule has 1 rings (SSSR count). The molecule has 0 unspecified atom stereocenters. The van der Waals surface area contributed by atoms with Gasteiger partial charge in [-0.05, 0) is 24.6 Å². The maximum atomic E-state index is 12.2. The summed E-state index contributed by atoms with van der Waals surface area (Å²) in [6.07, 6.45) is -4.96. The molecule has 4 nitrogen and oxygen atoms in total. The Bertz CT molecular complexity index is 510. The highest BCUT2D eigenvalue weighted by molar-refractivity contribution is 5.99. The van der Waals surface area contributed by atoms with Crippen molar-refractivity contribution in [3.8, 4) is 0 Å². The molecule has 19 heavy (non-hydrogen) atoms. The van der Waals surface area contributed by atoms with Crippen molar-refractivity contribution < 1.29 is 22.8 Å². The van der Waals surface area contributed by atoms with Crippen LogP contribution in [0.15, 0.2) is 18.2 Å². The van der Waals surface area contributed by atoms with Gasteiger partial charge in [0.1, 0.15) is 0 Å². The van der Waals surface area contributed by atoms with E-state index < -0.39 is 12.1 Å². The first kappa shape index (κ1) is 15.0. The number of alkyl halides is 3. The molecular formula is C12H13F3N2O2. The van der Waals surface area contributed by atoms with Gasteiger partial charge < -0.3 is 10.2 Å². The van der Waals surface area contributed by atoms with Gasteiger partial charge >= 0.3 is 12.1 Å². The van der Waals surface area contributed by atoms with E-state index in [1.807, 2.05) is 0 Å². The number of anilines is 1. The summed E-state index contributed by atoms with van der Waals surface area (Å²) in [4.78, 5) is 23.8. The second-order valence-electron chi connectivity index (χ2n) is 4.18. The van der Waals surface area contributed by atoms with Gasteiger partial charge in [0.15, 0.2) is 0 Å². The lowest BCUT2D eigenvalue weighted by Crippen LogP contribution is -2.30. The topological polar surface area (TPSA) is 49.4 Å². The fourth-order valence-corrected chi connectivity index (χ4v) is 1.34. The number of hydrogen-bond donors (Lipinski definition) is 1. The van der Waals surface area contributed by atoms with Gasteiger partial charge in [-0.1, -0.05) is 6.07 Å². The Balaban J connectivity index is 3.05. The van der Waals surface area contributed by atoms with E-state index in [1.54, 1.807) is 5.32 Å². The van der Waals surface area contributed by atoms with Crippen molar-refractivity contribution in [2.45, 2.75) is 13.1 Å². The highest BCUT2D eigenvalue weighted by Crippen LogP contribution is 2.22. The Kier molecular flexibility index (Phi) is 4.18. The lowest BCUT2D eigenvalue weighted by atomic mass is 10.1. The Morgan fingerprint density at radius 2 is 1.79 bits per heavy atom. The molecule has 0 aliphatic heterocycles. The maximum Gasteiger partial charge on any atom is 0.471 e. The van der Waals surface area contributed by atoms with E-state index >= 15 is 0 Å². The molecule has 0 fully saturated rings. The van der Waals surface area contributed by atoms with Gasteiger partial charge in [-0.25, -0.2) is 0 Å². The van der Waals surface area contributed by atoms with Crippen molar-refractivity contribution in [3.05, 3.63) is 29.3 Å². The monoisotopic (exact) mass is 274 g/mol. The summed E-state index contributed by atoms with van der Waals surface area (Å²) in [5, 5.41) is 1.75. The number of rotatable bonds is 2. The van der Waals surface area contributed by atoms with Crippen LogP contribution in [0.2, 0.25) is 0 Å². The fourth-order valence-electron chi connectivity index (χ4n) is 1.34. The molecule has 0 atom stereocenters. The van der Waals surface area contributed by atoms with E-state index in [1.165, 1.54) is 44.1 Å². The fraction of sp³-hybridized carbons (Fsp3) is 0.333. The van der Waals surface area contributed by atoms with E-state index in [0.29, 0.717) is 5.56 Å². The Morgan fingerprint density at radius 3 is 2.26 bits per heavy atom. The average Bonchev–Trinajstić information content (AvgIpc) is 2.29. The van der Waals surface area contributed by atoms with Crippen molar-refractivity contribution in [2.24, 2.45) is 0 Å². The normalized spacial score (nSPS) is 11.1. The highest BCUT2D eigenvalue weighted by Gasteiger charge is 2.38. The van der Waals surface area contributed by atoms with E-state index in [-0.39, 0.29) is 17.2 Å². The number of benzene rings is 1. The molecule has 0 aliphatic rings. The molecular weight excluding hydrogens is 261 g/mol. The summed E-state index contributed by atoms with van der Waals surface area (Å²) < 4.78 is 36.5.